The fourth-order valence-corrected chi connectivity index (χ4v) is 6.60. The van der Waals surface area contributed by atoms with Crippen LogP contribution in [0.5, 0.6) is 0 Å². The normalized spacial score (nSPS) is 30.3. The predicted octanol–water partition coefficient (Wildman–Crippen LogP) is 3.04. The van der Waals surface area contributed by atoms with Crippen LogP contribution in [0.25, 0.3) is 0 Å². The first kappa shape index (κ1) is 26.4. The standard InChI is InChI=1S/C27H33ClN2O6/c1-5-7-16-35-25(34)20-19-23(32)30(14-15-31)22(27(19)12-11-26(20,4)36-27)24(33)29(13-6-2)21-17(3)9-8-10-18(21)28/h5-6,8-10,19-20,22,31H,1-2,7,11-16H2,3-4H3/t19-,20+,22?,26-,27?/m0/s1. The molecule has 0 aromatic heterocycles. The Morgan fingerprint density at radius 2 is 2.08 bits per heavy atom. The van der Waals surface area contributed by atoms with Crippen molar-refractivity contribution in [3.8, 4) is 0 Å². The van der Waals surface area contributed by atoms with Crippen LogP contribution in [0.15, 0.2) is 43.5 Å². The third kappa shape index (κ3) is 3.96. The number of β-amino-alcohol motifs (C(OH)–C–C–N with tert-alkyl or cyclic N) is 1. The molecule has 2 bridgehead atoms. The first-order valence-corrected chi connectivity index (χ1v) is 12.6. The molecule has 0 saturated carbocycles. The first-order valence-electron chi connectivity index (χ1n) is 12.2. The van der Waals surface area contributed by atoms with Gasteiger partial charge in [0.1, 0.15) is 17.6 Å². The SMILES string of the molecule is C=CCCOC(=O)[C@H]1[C@H]2C(=O)N(CCO)C(C(=O)N(CC=C)c3c(C)cccc3Cl)C23CC[C@]1(C)O3. The Balaban J connectivity index is 1.78. The van der Waals surface area contributed by atoms with E-state index in [0.717, 1.165) is 5.56 Å². The van der Waals surface area contributed by atoms with Gasteiger partial charge in [0.15, 0.2) is 0 Å². The lowest BCUT2D eigenvalue weighted by Crippen LogP contribution is -2.57. The van der Waals surface area contributed by atoms with Gasteiger partial charge in [0.25, 0.3) is 5.91 Å². The molecule has 0 radical (unpaired) electrons. The molecule has 2 amide bonds. The molecule has 36 heavy (non-hydrogen) atoms. The number of fused-ring (bicyclic) bond motifs is 1. The molecule has 2 unspecified atom stereocenters. The number of aliphatic hydroxyl groups excluding tert-OH is 1. The third-order valence-corrected chi connectivity index (χ3v) is 8.01. The van der Waals surface area contributed by atoms with Crippen LogP contribution in [-0.2, 0) is 23.9 Å². The van der Waals surface area contributed by atoms with Crippen LogP contribution in [0.2, 0.25) is 5.02 Å². The van der Waals surface area contributed by atoms with E-state index in [1.807, 2.05) is 19.9 Å². The van der Waals surface area contributed by atoms with Crippen LogP contribution in [0, 0.1) is 18.8 Å². The number of ether oxygens (including phenoxy) is 2. The minimum atomic E-state index is -1.21. The van der Waals surface area contributed by atoms with Crippen molar-refractivity contribution in [2.24, 2.45) is 11.8 Å². The Morgan fingerprint density at radius 1 is 1.33 bits per heavy atom. The molecule has 8 nitrogen and oxygen atoms in total. The molecule has 3 saturated heterocycles. The van der Waals surface area contributed by atoms with Gasteiger partial charge in [-0.15, -0.1) is 13.2 Å². The van der Waals surface area contributed by atoms with E-state index in [9.17, 15) is 19.5 Å². The fourth-order valence-electron chi connectivity index (χ4n) is 6.28. The lowest BCUT2D eigenvalue weighted by Gasteiger charge is -2.37. The molecule has 4 rings (SSSR count). The average molecular weight is 517 g/mol. The highest BCUT2D eigenvalue weighted by Crippen LogP contribution is 2.63. The van der Waals surface area contributed by atoms with E-state index >= 15 is 0 Å². The van der Waals surface area contributed by atoms with Crippen LogP contribution < -0.4 is 4.90 Å². The van der Waals surface area contributed by atoms with Gasteiger partial charge in [0.2, 0.25) is 5.91 Å². The quantitative estimate of drug-likeness (QED) is 0.292. The summed E-state index contributed by atoms with van der Waals surface area (Å²) in [6, 6.07) is 4.32. The van der Waals surface area contributed by atoms with Crippen molar-refractivity contribution in [2.45, 2.75) is 50.4 Å². The molecule has 1 N–H and O–H groups in total. The predicted molar refractivity (Wildman–Crippen MR) is 136 cm³/mol. The number of halogens is 1. The third-order valence-electron chi connectivity index (χ3n) is 7.71. The Morgan fingerprint density at radius 3 is 2.72 bits per heavy atom. The molecule has 1 aromatic carbocycles. The van der Waals surface area contributed by atoms with Crippen molar-refractivity contribution in [1.82, 2.24) is 4.90 Å². The molecule has 1 aromatic rings. The number of benzene rings is 1. The summed E-state index contributed by atoms with van der Waals surface area (Å²) in [5, 5.41) is 10.2. The van der Waals surface area contributed by atoms with E-state index < -0.39 is 35.0 Å². The number of aliphatic hydroxyl groups is 1. The van der Waals surface area contributed by atoms with Gasteiger partial charge in [-0.25, -0.2) is 0 Å². The smallest absolute Gasteiger partial charge is 0.312 e. The molecule has 5 atom stereocenters. The number of para-hydroxylation sites is 1. The maximum Gasteiger partial charge on any atom is 0.312 e. The second kappa shape index (κ2) is 10.00. The van der Waals surface area contributed by atoms with Crippen molar-refractivity contribution in [3.05, 3.63) is 54.1 Å². The van der Waals surface area contributed by atoms with Crippen molar-refractivity contribution in [2.75, 3.05) is 31.2 Å². The molecular weight excluding hydrogens is 484 g/mol. The van der Waals surface area contributed by atoms with Gasteiger partial charge in [-0.05, 0) is 44.7 Å². The lowest BCUT2D eigenvalue weighted by atomic mass is 9.66. The largest absolute Gasteiger partial charge is 0.465 e. The van der Waals surface area contributed by atoms with Crippen LogP contribution in [0.3, 0.4) is 0 Å². The van der Waals surface area contributed by atoms with Gasteiger partial charge in [0, 0.05) is 13.1 Å². The topological polar surface area (TPSA) is 96.4 Å². The van der Waals surface area contributed by atoms with Gasteiger partial charge >= 0.3 is 5.97 Å². The molecule has 3 aliphatic heterocycles. The Bertz CT molecular complexity index is 1070. The summed E-state index contributed by atoms with van der Waals surface area (Å²) >= 11 is 6.52. The highest BCUT2D eigenvalue weighted by molar-refractivity contribution is 6.34. The van der Waals surface area contributed by atoms with Crippen molar-refractivity contribution < 1.29 is 29.0 Å². The van der Waals surface area contributed by atoms with E-state index in [0.29, 0.717) is 30.0 Å². The molecular formula is C27H33ClN2O6. The summed E-state index contributed by atoms with van der Waals surface area (Å²) in [6.45, 7) is 11.0. The monoisotopic (exact) mass is 516 g/mol. The molecule has 194 valence electrons. The van der Waals surface area contributed by atoms with Crippen LogP contribution in [-0.4, -0.2) is 71.3 Å². The van der Waals surface area contributed by atoms with Gasteiger partial charge in [-0.2, -0.15) is 0 Å². The summed E-state index contributed by atoms with van der Waals surface area (Å²) in [4.78, 5) is 44.2. The molecule has 9 heteroatoms. The van der Waals surface area contributed by atoms with E-state index in [1.54, 1.807) is 24.3 Å². The summed E-state index contributed by atoms with van der Waals surface area (Å²) in [7, 11) is 0. The summed E-state index contributed by atoms with van der Waals surface area (Å²) in [5.41, 5.74) is -0.829. The summed E-state index contributed by atoms with van der Waals surface area (Å²) < 4.78 is 12.0. The van der Waals surface area contributed by atoms with Crippen LogP contribution in [0.4, 0.5) is 5.69 Å². The highest BCUT2D eigenvalue weighted by Gasteiger charge is 2.78. The van der Waals surface area contributed by atoms with E-state index in [-0.39, 0.29) is 38.1 Å². The minimum absolute atomic E-state index is 0.0603. The van der Waals surface area contributed by atoms with E-state index in [4.69, 9.17) is 21.1 Å². The zero-order valence-corrected chi connectivity index (χ0v) is 21.5. The van der Waals surface area contributed by atoms with Gasteiger partial charge in [0.05, 0.1) is 35.4 Å². The number of anilines is 1. The molecule has 3 fully saturated rings. The lowest BCUT2D eigenvalue weighted by molar-refractivity contribution is -0.159. The zero-order valence-electron chi connectivity index (χ0n) is 20.7. The van der Waals surface area contributed by atoms with Crippen LogP contribution in [0.1, 0.15) is 31.7 Å². The number of rotatable bonds is 10. The molecule has 0 aliphatic carbocycles. The van der Waals surface area contributed by atoms with Gasteiger partial charge in [-0.3, -0.25) is 14.4 Å². The molecule has 3 heterocycles. The number of hydrogen-bond acceptors (Lipinski definition) is 6. The molecule has 3 aliphatic rings. The van der Waals surface area contributed by atoms with Gasteiger partial charge in [-0.1, -0.05) is 35.9 Å². The number of esters is 1. The van der Waals surface area contributed by atoms with Crippen LogP contribution >= 0.6 is 11.6 Å². The number of aryl methyl sites for hydroxylation is 1. The number of carbonyl (C=O) groups excluding carboxylic acids is 3. The Kier molecular flexibility index (Phi) is 7.33. The first-order chi connectivity index (χ1) is 17.2. The highest BCUT2D eigenvalue weighted by atomic mass is 35.5. The second-order valence-corrected chi connectivity index (χ2v) is 10.3. The Labute approximate surface area is 216 Å². The average Bonchev–Trinajstić information content (AvgIpc) is 3.39. The number of hydrogen-bond donors (Lipinski definition) is 1. The van der Waals surface area contributed by atoms with E-state index in [1.165, 1.54) is 9.80 Å². The van der Waals surface area contributed by atoms with E-state index in [2.05, 4.69) is 13.2 Å². The second-order valence-electron chi connectivity index (χ2n) is 9.87. The number of carbonyl (C=O) groups is 3. The Hall–Kier alpha value is -2.68. The number of likely N-dealkylation sites (tertiary alicyclic amines) is 1. The maximum atomic E-state index is 14.3. The van der Waals surface area contributed by atoms with Crippen molar-refractivity contribution in [3.63, 3.8) is 0 Å². The summed E-state index contributed by atoms with van der Waals surface area (Å²) in [5.74, 6) is -3.02. The fraction of sp³-hybridized carbons (Fsp3) is 0.519. The van der Waals surface area contributed by atoms with Gasteiger partial charge < -0.3 is 24.4 Å². The van der Waals surface area contributed by atoms with Crippen molar-refractivity contribution in [1.29, 1.82) is 0 Å². The zero-order chi connectivity index (χ0) is 26.3. The molecule has 1 spiro atoms. The number of amides is 2. The maximum absolute atomic E-state index is 14.3. The minimum Gasteiger partial charge on any atom is -0.465 e. The number of nitrogens with zero attached hydrogens (tertiary/aromatic N) is 2. The van der Waals surface area contributed by atoms with Crippen molar-refractivity contribution >= 4 is 35.1 Å². The summed E-state index contributed by atoms with van der Waals surface area (Å²) in [6.07, 6.45) is 4.67.